The molecular weight excluding hydrogens is 360 g/mol. The maximum Gasteiger partial charge on any atom is 0.255 e. The van der Waals surface area contributed by atoms with Crippen LogP contribution >= 0.6 is 15.9 Å². The number of halogens is 1. The van der Waals surface area contributed by atoms with Gasteiger partial charge >= 0.3 is 0 Å². The van der Waals surface area contributed by atoms with Crippen LogP contribution in [0.2, 0.25) is 0 Å². The summed E-state index contributed by atoms with van der Waals surface area (Å²) in [5.41, 5.74) is 2.26. The summed E-state index contributed by atoms with van der Waals surface area (Å²) in [5, 5.41) is 2.91. The number of carbonyl (C=O) groups excluding carboxylic acids is 1. The Labute approximate surface area is 143 Å². The van der Waals surface area contributed by atoms with Crippen LogP contribution in [0, 0.1) is 6.92 Å². The van der Waals surface area contributed by atoms with Crippen molar-refractivity contribution in [3.05, 3.63) is 52.1 Å². The second-order valence-electron chi connectivity index (χ2n) is 5.35. The van der Waals surface area contributed by atoms with E-state index in [9.17, 15) is 4.79 Å². The van der Waals surface area contributed by atoms with Crippen LogP contribution in [0.15, 0.2) is 41.0 Å². The van der Waals surface area contributed by atoms with Crippen LogP contribution in [-0.4, -0.2) is 30.2 Å². The number of hydrogen-bond acceptors (Lipinski definition) is 4. The minimum absolute atomic E-state index is 0.00753. The topological polar surface area (TPSA) is 60.5 Å². The van der Waals surface area contributed by atoms with Crippen molar-refractivity contribution in [2.75, 3.05) is 18.5 Å². The third-order valence-electron chi connectivity index (χ3n) is 3.69. The van der Waals surface area contributed by atoms with E-state index in [-0.39, 0.29) is 12.0 Å². The molecule has 6 heteroatoms. The van der Waals surface area contributed by atoms with E-state index in [0.29, 0.717) is 24.7 Å². The fraction of sp³-hybridized carbons (Fsp3) is 0.294. The molecule has 2 aromatic rings. The smallest absolute Gasteiger partial charge is 0.255 e. The van der Waals surface area contributed by atoms with Crippen molar-refractivity contribution >= 4 is 27.5 Å². The van der Waals surface area contributed by atoms with Crippen molar-refractivity contribution in [3.8, 4) is 5.88 Å². The van der Waals surface area contributed by atoms with Crippen LogP contribution in [0.3, 0.4) is 0 Å². The SMILES string of the molecule is Cc1c(Br)cccc1NC(=O)c1ccnc(OC2CCOC2)c1. The molecule has 0 bridgehead atoms. The highest BCUT2D eigenvalue weighted by Gasteiger charge is 2.18. The first kappa shape index (κ1) is 16.0. The molecule has 0 saturated carbocycles. The van der Waals surface area contributed by atoms with Crippen LogP contribution in [-0.2, 0) is 4.74 Å². The number of carbonyl (C=O) groups is 1. The van der Waals surface area contributed by atoms with Gasteiger partial charge in [-0.2, -0.15) is 0 Å². The number of pyridine rings is 1. The first-order valence-electron chi connectivity index (χ1n) is 7.40. The van der Waals surface area contributed by atoms with Crippen LogP contribution in [0.25, 0.3) is 0 Å². The standard InChI is InChI=1S/C17H17BrN2O3/c1-11-14(18)3-2-4-15(11)20-17(21)12-5-7-19-16(9-12)23-13-6-8-22-10-13/h2-5,7,9,13H,6,8,10H2,1H3,(H,20,21). The maximum absolute atomic E-state index is 12.4. The summed E-state index contributed by atoms with van der Waals surface area (Å²) in [6.45, 7) is 3.21. The van der Waals surface area contributed by atoms with Crippen LogP contribution in [0.4, 0.5) is 5.69 Å². The van der Waals surface area contributed by atoms with Crippen molar-refractivity contribution in [2.45, 2.75) is 19.4 Å². The van der Waals surface area contributed by atoms with Gasteiger partial charge in [-0.25, -0.2) is 4.98 Å². The third-order valence-corrected chi connectivity index (χ3v) is 4.55. The number of benzene rings is 1. The van der Waals surface area contributed by atoms with Gasteiger partial charge in [-0.15, -0.1) is 0 Å². The summed E-state index contributed by atoms with van der Waals surface area (Å²) in [4.78, 5) is 16.6. The summed E-state index contributed by atoms with van der Waals surface area (Å²) in [5.74, 6) is 0.250. The molecule has 23 heavy (non-hydrogen) atoms. The van der Waals surface area contributed by atoms with E-state index < -0.39 is 0 Å². The quantitative estimate of drug-likeness (QED) is 0.885. The van der Waals surface area contributed by atoms with Crippen molar-refractivity contribution < 1.29 is 14.3 Å². The predicted octanol–water partition coefficient (Wildman–Crippen LogP) is 3.57. The molecule has 1 saturated heterocycles. The molecule has 1 amide bonds. The van der Waals surface area contributed by atoms with E-state index in [2.05, 4.69) is 26.2 Å². The lowest BCUT2D eigenvalue weighted by atomic mass is 10.2. The summed E-state index contributed by atoms with van der Waals surface area (Å²) in [6.07, 6.45) is 2.43. The van der Waals surface area contributed by atoms with Gasteiger partial charge in [0.1, 0.15) is 6.10 Å². The third kappa shape index (κ3) is 3.89. The Morgan fingerprint density at radius 3 is 3.09 bits per heavy atom. The zero-order valence-corrected chi connectivity index (χ0v) is 14.3. The summed E-state index contributed by atoms with van der Waals surface area (Å²) < 4.78 is 12.0. The van der Waals surface area contributed by atoms with Crippen LogP contribution < -0.4 is 10.1 Å². The van der Waals surface area contributed by atoms with Gasteiger partial charge in [-0.05, 0) is 30.7 Å². The van der Waals surface area contributed by atoms with Crippen molar-refractivity contribution in [1.29, 1.82) is 0 Å². The minimum Gasteiger partial charge on any atom is -0.472 e. The fourth-order valence-corrected chi connectivity index (χ4v) is 2.70. The predicted molar refractivity (Wildman–Crippen MR) is 90.9 cm³/mol. The largest absolute Gasteiger partial charge is 0.472 e. The molecule has 1 N–H and O–H groups in total. The molecule has 0 radical (unpaired) electrons. The highest BCUT2D eigenvalue weighted by Crippen LogP contribution is 2.24. The lowest BCUT2D eigenvalue weighted by Crippen LogP contribution is -2.17. The number of nitrogens with one attached hydrogen (secondary N) is 1. The molecule has 1 aromatic carbocycles. The average Bonchev–Trinajstić information content (AvgIpc) is 3.05. The molecule has 1 aliphatic heterocycles. The van der Waals surface area contributed by atoms with E-state index in [0.717, 1.165) is 22.1 Å². The van der Waals surface area contributed by atoms with Gasteiger partial charge in [0.25, 0.3) is 5.91 Å². The van der Waals surface area contributed by atoms with Gasteiger partial charge in [0.15, 0.2) is 0 Å². The molecule has 1 fully saturated rings. The zero-order valence-electron chi connectivity index (χ0n) is 12.7. The van der Waals surface area contributed by atoms with E-state index in [4.69, 9.17) is 9.47 Å². The molecule has 5 nitrogen and oxygen atoms in total. The molecule has 0 spiro atoms. The average molecular weight is 377 g/mol. The molecule has 1 unspecified atom stereocenters. The first-order valence-corrected chi connectivity index (χ1v) is 8.19. The van der Waals surface area contributed by atoms with Gasteiger partial charge < -0.3 is 14.8 Å². The number of ether oxygens (including phenoxy) is 2. The van der Waals surface area contributed by atoms with Crippen molar-refractivity contribution in [3.63, 3.8) is 0 Å². The van der Waals surface area contributed by atoms with E-state index >= 15 is 0 Å². The molecule has 1 aromatic heterocycles. The van der Waals surface area contributed by atoms with Crippen LogP contribution in [0.1, 0.15) is 22.3 Å². The molecule has 3 rings (SSSR count). The number of anilines is 1. The van der Waals surface area contributed by atoms with E-state index in [1.165, 1.54) is 0 Å². The molecule has 1 atom stereocenters. The second kappa shape index (κ2) is 7.10. The number of hydrogen-bond donors (Lipinski definition) is 1. The van der Waals surface area contributed by atoms with Gasteiger partial charge in [-0.1, -0.05) is 22.0 Å². The normalized spacial score (nSPS) is 17.0. The Morgan fingerprint density at radius 1 is 1.43 bits per heavy atom. The molecule has 0 aliphatic carbocycles. The summed E-state index contributed by atoms with van der Waals surface area (Å²) in [7, 11) is 0. The second-order valence-corrected chi connectivity index (χ2v) is 6.21. The Balaban J connectivity index is 1.73. The van der Waals surface area contributed by atoms with E-state index in [1.54, 1.807) is 18.3 Å². The van der Waals surface area contributed by atoms with Crippen LogP contribution in [0.5, 0.6) is 5.88 Å². The lowest BCUT2D eigenvalue weighted by Gasteiger charge is -2.12. The number of amides is 1. The molecule has 2 heterocycles. The van der Waals surface area contributed by atoms with E-state index in [1.807, 2.05) is 25.1 Å². The number of aromatic nitrogens is 1. The first-order chi connectivity index (χ1) is 11.1. The van der Waals surface area contributed by atoms with Gasteiger partial charge in [0.05, 0.1) is 13.2 Å². The maximum atomic E-state index is 12.4. The summed E-state index contributed by atoms with van der Waals surface area (Å²) in [6, 6.07) is 9.01. The van der Waals surface area contributed by atoms with Crippen molar-refractivity contribution in [2.24, 2.45) is 0 Å². The number of rotatable bonds is 4. The Bertz CT molecular complexity index is 715. The summed E-state index contributed by atoms with van der Waals surface area (Å²) >= 11 is 3.46. The Morgan fingerprint density at radius 2 is 2.30 bits per heavy atom. The van der Waals surface area contributed by atoms with Gasteiger partial charge in [0.2, 0.25) is 5.88 Å². The fourth-order valence-electron chi connectivity index (χ4n) is 2.33. The monoisotopic (exact) mass is 376 g/mol. The highest BCUT2D eigenvalue weighted by atomic mass is 79.9. The zero-order chi connectivity index (χ0) is 16.2. The molecule has 120 valence electrons. The van der Waals surface area contributed by atoms with Gasteiger partial charge in [0, 0.05) is 34.4 Å². The number of nitrogens with zero attached hydrogens (tertiary/aromatic N) is 1. The Kier molecular flexibility index (Phi) is 4.93. The van der Waals surface area contributed by atoms with Crippen molar-refractivity contribution in [1.82, 2.24) is 4.98 Å². The highest BCUT2D eigenvalue weighted by molar-refractivity contribution is 9.10. The lowest BCUT2D eigenvalue weighted by molar-refractivity contribution is 0.102. The molecular formula is C17H17BrN2O3. The molecule has 1 aliphatic rings. The minimum atomic E-state index is -0.193. The van der Waals surface area contributed by atoms with Gasteiger partial charge in [-0.3, -0.25) is 4.79 Å². The Hall–Kier alpha value is -1.92.